The standard InChI is InChI=1S/C11H13ClN4O2S/c1-7-3-4-9(12)5-10(7)19(17,18)16-8(2)11-13-6-14-15-11/h3-6,8,16H,1-2H3,(H,13,14,15). The van der Waals surface area contributed by atoms with E-state index in [1.807, 2.05) is 0 Å². The lowest BCUT2D eigenvalue weighted by Crippen LogP contribution is -2.28. The summed E-state index contributed by atoms with van der Waals surface area (Å²) in [6, 6.07) is 4.23. The summed E-state index contributed by atoms with van der Waals surface area (Å²) in [4.78, 5) is 4.07. The molecule has 2 rings (SSSR count). The molecule has 102 valence electrons. The van der Waals surface area contributed by atoms with Gasteiger partial charge in [0.1, 0.15) is 12.2 Å². The predicted octanol–water partition coefficient (Wildman–Crippen LogP) is 1.81. The number of hydrogen-bond acceptors (Lipinski definition) is 4. The van der Waals surface area contributed by atoms with Crippen LogP contribution < -0.4 is 4.72 Å². The van der Waals surface area contributed by atoms with E-state index in [1.165, 1.54) is 12.4 Å². The van der Waals surface area contributed by atoms with Gasteiger partial charge < -0.3 is 0 Å². The summed E-state index contributed by atoms with van der Waals surface area (Å²) in [6.45, 7) is 3.39. The number of aryl methyl sites for hydroxylation is 1. The van der Waals surface area contributed by atoms with Gasteiger partial charge in [0.05, 0.1) is 10.9 Å². The van der Waals surface area contributed by atoms with Gasteiger partial charge in [-0.1, -0.05) is 17.7 Å². The highest BCUT2D eigenvalue weighted by molar-refractivity contribution is 7.89. The second-order valence-electron chi connectivity index (χ2n) is 4.12. The Kier molecular flexibility index (Phi) is 3.88. The van der Waals surface area contributed by atoms with Gasteiger partial charge >= 0.3 is 0 Å². The van der Waals surface area contributed by atoms with Crippen LogP contribution in [0.25, 0.3) is 0 Å². The van der Waals surface area contributed by atoms with Crippen LogP contribution in [0, 0.1) is 6.92 Å². The average Bonchev–Trinajstić information content (AvgIpc) is 2.85. The molecule has 0 aliphatic carbocycles. The van der Waals surface area contributed by atoms with Gasteiger partial charge in [-0.05, 0) is 31.5 Å². The maximum Gasteiger partial charge on any atom is 0.241 e. The van der Waals surface area contributed by atoms with Crippen molar-refractivity contribution in [1.82, 2.24) is 19.9 Å². The number of rotatable bonds is 4. The van der Waals surface area contributed by atoms with Gasteiger partial charge in [-0.3, -0.25) is 5.10 Å². The van der Waals surface area contributed by atoms with Crippen molar-refractivity contribution >= 4 is 21.6 Å². The summed E-state index contributed by atoms with van der Waals surface area (Å²) in [5.74, 6) is 0.447. The Morgan fingerprint density at radius 3 is 2.79 bits per heavy atom. The van der Waals surface area contributed by atoms with Crippen LogP contribution in [0.5, 0.6) is 0 Å². The number of benzene rings is 1. The van der Waals surface area contributed by atoms with Crippen molar-refractivity contribution in [3.63, 3.8) is 0 Å². The van der Waals surface area contributed by atoms with E-state index in [0.29, 0.717) is 16.4 Å². The first kappa shape index (κ1) is 14.0. The molecule has 0 saturated heterocycles. The smallest absolute Gasteiger partial charge is 0.241 e. The lowest BCUT2D eigenvalue weighted by Gasteiger charge is -2.13. The molecule has 1 aromatic heterocycles. The van der Waals surface area contributed by atoms with Gasteiger partial charge in [-0.25, -0.2) is 18.1 Å². The number of sulfonamides is 1. The topological polar surface area (TPSA) is 87.7 Å². The van der Waals surface area contributed by atoms with Gasteiger partial charge in [-0.2, -0.15) is 5.10 Å². The summed E-state index contributed by atoms with van der Waals surface area (Å²) in [7, 11) is -3.66. The number of hydrogen-bond donors (Lipinski definition) is 2. The fourth-order valence-electron chi connectivity index (χ4n) is 1.64. The molecule has 0 aliphatic rings. The van der Waals surface area contributed by atoms with E-state index in [4.69, 9.17) is 11.6 Å². The van der Waals surface area contributed by atoms with Crippen molar-refractivity contribution in [2.24, 2.45) is 0 Å². The van der Waals surface area contributed by atoms with E-state index in [0.717, 1.165) is 0 Å². The van der Waals surface area contributed by atoms with E-state index in [1.54, 1.807) is 26.0 Å². The molecule has 8 heteroatoms. The van der Waals surface area contributed by atoms with Crippen LogP contribution >= 0.6 is 11.6 Å². The van der Waals surface area contributed by atoms with E-state index < -0.39 is 16.1 Å². The fourth-order valence-corrected chi connectivity index (χ4v) is 3.35. The first-order chi connectivity index (χ1) is 8.90. The summed E-state index contributed by atoms with van der Waals surface area (Å²) in [5, 5.41) is 6.68. The quantitative estimate of drug-likeness (QED) is 0.901. The molecule has 1 aromatic carbocycles. The molecule has 19 heavy (non-hydrogen) atoms. The van der Waals surface area contributed by atoms with Crippen LogP contribution in [0.15, 0.2) is 29.4 Å². The molecule has 0 spiro atoms. The molecular formula is C11H13ClN4O2S. The highest BCUT2D eigenvalue weighted by Crippen LogP contribution is 2.21. The minimum atomic E-state index is -3.66. The Labute approximate surface area is 116 Å². The minimum Gasteiger partial charge on any atom is -0.262 e. The molecule has 0 radical (unpaired) electrons. The number of aromatic amines is 1. The average molecular weight is 301 g/mol. The molecule has 0 saturated carbocycles. The van der Waals surface area contributed by atoms with Crippen molar-refractivity contribution in [2.45, 2.75) is 24.8 Å². The first-order valence-corrected chi connectivity index (χ1v) is 7.40. The second-order valence-corrected chi connectivity index (χ2v) is 6.24. The Morgan fingerprint density at radius 1 is 1.42 bits per heavy atom. The Hall–Kier alpha value is -1.44. The molecule has 2 N–H and O–H groups in total. The van der Waals surface area contributed by atoms with Crippen molar-refractivity contribution in [1.29, 1.82) is 0 Å². The van der Waals surface area contributed by atoms with Crippen LogP contribution in [0.4, 0.5) is 0 Å². The molecule has 0 fully saturated rings. The number of nitrogens with zero attached hydrogens (tertiary/aromatic N) is 2. The fraction of sp³-hybridized carbons (Fsp3) is 0.273. The lowest BCUT2D eigenvalue weighted by atomic mass is 10.2. The predicted molar refractivity (Wildman–Crippen MR) is 71.3 cm³/mol. The number of halogens is 1. The third-order valence-electron chi connectivity index (χ3n) is 2.62. The Morgan fingerprint density at radius 2 is 2.16 bits per heavy atom. The summed E-state index contributed by atoms with van der Waals surface area (Å²) >= 11 is 5.84. The minimum absolute atomic E-state index is 0.159. The van der Waals surface area contributed by atoms with Crippen LogP contribution in [0.3, 0.4) is 0 Å². The number of aromatic nitrogens is 3. The Bertz CT molecular complexity index is 670. The molecule has 1 heterocycles. The highest BCUT2D eigenvalue weighted by atomic mass is 35.5. The van der Waals surface area contributed by atoms with E-state index in [2.05, 4.69) is 19.9 Å². The maximum absolute atomic E-state index is 12.3. The van der Waals surface area contributed by atoms with Crippen LogP contribution in [-0.4, -0.2) is 23.6 Å². The molecule has 2 aromatic rings. The van der Waals surface area contributed by atoms with E-state index in [-0.39, 0.29) is 4.90 Å². The third kappa shape index (κ3) is 3.12. The van der Waals surface area contributed by atoms with E-state index >= 15 is 0 Å². The first-order valence-electron chi connectivity index (χ1n) is 5.54. The largest absolute Gasteiger partial charge is 0.262 e. The monoisotopic (exact) mass is 300 g/mol. The van der Waals surface area contributed by atoms with Gasteiger partial charge in [-0.15, -0.1) is 0 Å². The molecular weight excluding hydrogens is 288 g/mol. The molecule has 1 atom stereocenters. The third-order valence-corrected chi connectivity index (χ3v) is 4.53. The van der Waals surface area contributed by atoms with Crippen LogP contribution in [0.2, 0.25) is 5.02 Å². The highest BCUT2D eigenvalue weighted by Gasteiger charge is 2.21. The zero-order chi connectivity index (χ0) is 14.0. The van der Waals surface area contributed by atoms with Crippen LogP contribution in [-0.2, 0) is 10.0 Å². The van der Waals surface area contributed by atoms with Gasteiger partial charge in [0.15, 0.2) is 0 Å². The zero-order valence-electron chi connectivity index (χ0n) is 10.4. The van der Waals surface area contributed by atoms with Gasteiger partial charge in [0.25, 0.3) is 0 Å². The molecule has 0 aliphatic heterocycles. The van der Waals surface area contributed by atoms with Crippen molar-refractivity contribution < 1.29 is 8.42 Å². The summed E-state index contributed by atoms with van der Waals surface area (Å²) in [5.41, 5.74) is 0.627. The van der Waals surface area contributed by atoms with Crippen molar-refractivity contribution in [2.75, 3.05) is 0 Å². The molecule has 0 amide bonds. The van der Waals surface area contributed by atoms with Crippen molar-refractivity contribution in [3.05, 3.63) is 40.9 Å². The summed E-state index contributed by atoms with van der Waals surface area (Å²) in [6.07, 6.45) is 1.32. The van der Waals surface area contributed by atoms with Gasteiger partial charge in [0, 0.05) is 5.02 Å². The van der Waals surface area contributed by atoms with Gasteiger partial charge in [0.2, 0.25) is 10.0 Å². The Balaban J connectivity index is 2.30. The summed E-state index contributed by atoms with van der Waals surface area (Å²) < 4.78 is 27.1. The molecule has 0 bridgehead atoms. The number of nitrogens with one attached hydrogen (secondary N) is 2. The number of H-pyrrole nitrogens is 1. The molecule has 6 nitrogen and oxygen atoms in total. The molecule has 1 unspecified atom stereocenters. The lowest BCUT2D eigenvalue weighted by molar-refractivity contribution is 0.559. The SMILES string of the molecule is Cc1ccc(Cl)cc1S(=O)(=O)NC(C)c1ncn[nH]1. The second kappa shape index (κ2) is 5.28. The maximum atomic E-state index is 12.3. The van der Waals surface area contributed by atoms with Crippen LogP contribution in [0.1, 0.15) is 24.4 Å². The normalized spacial score (nSPS) is 13.4. The van der Waals surface area contributed by atoms with E-state index in [9.17, 15) is 8.42 Å². The van der Waals surface area contributed by atoms with Crippen molar-refractivity contribution in [3.8, 4) is 0 Å². The zero-order valence-corrected chi connectivity index (χ0v) is 12.0.